The summed E-state index contributed by atoms with van der Waals surface area (Å²) in [4.78, 5) is 21.6. The SMILES string of the molecule is C[C@@H](N)C(=O)NCc1cccc(-c2cc3nc(N)c4ncn(C)c4c3s2)c1. The topological polar surface area (TPSA) is 112 Å². The van der Waals surface area contributed by atoms with Gasteiger partial charge in [0.1, 0.15) is 5.52 Å². The van der Waals surface area contributed by atoms with Crippen LogP contribution in [0, 0.1) is 0 Å². The number of carbonyl (C=O) groups is 1. The molecule has 0 saturated heterocycles. The van der Waals surface area contributed by atoms with Crippen molar-refractivity contribution in [2.24, 2.45) is 12.8 Å². The van der Waals surface area contributed by atoms with Crippen molar-refractivity contribution in [3.8, 4) is 10.4 Å². The first-order chi connectivity index (χ1) is 12.9. The Kier molecular flexibility index (Phi) is 4.29. The minimum atomic E-state index is -0.520. The number of thiophene rings is 1. The number of nitrogens with one attached hydrogen (secondary N) is 1. The van der Waals surface area contributed by atoms with Gasteiger partial charge in [0, 0.05) is 18.5 Å². The summed E-state index contributed by atoms with van der Waals surface area (Å²) in [7, 11) is 1.95. The van der Waals surface area contributed by atoms with Crippen molar-refractivity contribution in [1.29, 1.82) is 0 Å². The van der Waals surface area contributed by atoms with Crippen LogP contribution in [0.15, 0.2) is 36.7 Å². The zero-order valence-electron chi connectivity index (χ0n) is 15.1. The van der Waals surface area contributed by atoms with Gasteiger partial charge in [0.05, 0.1) is 28.1 Å². The number of fused-ring (bicyclic) bond motifs is 3. The maximum Gasteiger partial charge on any atom is 0.236 e. The predicted octanol–water partition coefficient (Wildman–Crippen LogP) is 2.40. The third-order valence-corrected chi connectivity index (χ3v) is 5.62. The van der Waals surface area contributed by atoms with Crippen LogP contribution in [-0.4, -0.2) is 26.5 Å². The van der Waals surface area contributed by atoms with E-state index >= 15 is 0 Å². The van der Waals surface area contributed by atoms with E-state index in [1.807, 2.05) is 35.9 Å². The van der Waals surface area contributed by atoms with Crippen LogP contribution in [-0.2, 0) is 18.4 Å². The van der Waals surface area contributed by atoms with Gasteiger partial charge in [-0.15, -0.1) is 11.3 Å². The first-order valence-electron chi connectivity index (χ1n) is 8.56. The molecule has 0 fully saturated rings. The minimum Gasteiger partial charge on any atom is -0.382 e. The van der Waals surface area contributed by atoms with E-state index in [1.54, 1.807) is 24.6 Å². The lowest BCUT2D eigenvalue weighted by atomic mass is 10.1. The monoisotopic (exact) mass is 380 g/mol. The van der Waals surface area contributed by atoms with Gasteiger partial charge in [-0.3, -0.25) is 4.79 Å². The van der Waals surface area contributed by atoms with Crippen molar-refractivity contribution in [2.75, 3.05) is 5.73 Å². The van der Waals surface area contributed by atoms with Crippen LogP contribution < -0.4 is 16.8 Å². The van der Waals surface area contributed by atoms with E-state index in [0.29, 0.717) is 12.4 Å². The van der Waals surface area contributed by atoms with Crippen LogP contribution >= 0.6 is 11.3 Å². The van der Waals surface area contributed by atoms with Crippen LogP contribution in [0.1, 0.15) is 12.5 Å². The highest BCUT2D eigenvalue weighted by Crippen LogP contribution is 2.37. The van der Waals surface area contributed by atoms with Crippen molar-refractivity contribution >= 4 is 44.3 Å². The molecule has 1 atom stereocenters. The fourth-order valence-corrected chi connectivity index (χ4v) is 4.21. The minimum absolute atomic E-state index is 0.166. The van der Waals surface area contributed by atoms with E-state index in [9.17, 15) is 4.79 Å². The number of hydrogen-bond acceptors (Lipinski definition) is 6. The number of nitrogens with two attached hydrogens (primary N) is 2. The van der Waals surface area contributed by atoms with E-state index < -0.39 is 6.04 Å². The second-order valence-corrected chi connectivity index (χ2v) is 7.63. The Labute approximate surface area is 160 Å². The summed E-state index contributed by atoms with van der Waals surface area (Å²) >= 11 is 1.66. The van der Waals surface area contributed by atoms with Crippen molar-refractivity contribution < 1.29 is 4.79 Å². The van der Waals surface area contributed by atoms with Crippen LogP contribution in [0.2, 0.25) is 0 Å². The summed E-state index contributed by atoms with van der Waals surface area (Å²) in [5, 5.41) is 2.84. The number of aromatic nitrogens is 3. The normalized spacial score (nSPS) is 12.6. The highest BCUT2D eigenvalue weighted by atomic mass is 32.1. The summed E-state index contributed by atoms with van der Waals surface area (Å²) in [5.41, 5.74) is 16.3. The predicted molar refractivity (Wildman–Crippen MR) is 109 cm³/mol. The molecule has 4 aromatic rings. The van der Waals surface area contributed by atoms with Crippen LogP contribution in [0.25, 0.3) is 31.7 Å². The van der Waals surface area contributed by atoms with E-state index in [2.05, 4.69) is 21.4 Å². The number of imidazole rings is 1. The molecule has 1 amide bonds. The van der Waals surface area contributed by atoms with Gasteiger partial charge in [0.2, 0.25) is 5.91 Å². The molecule has 4 rings (SSSR count). The number of nitrogens with zero attached hydrogens (tertiary/aromatic N) is 3. The van der Waals surface area contributed by atoms with Gasteiger partial charge in [-0.05, 0) is 30.2 Å². The lowest BCUT2D eigenvalue weighted by Crippen LogP contribution is -2.37. The van der Waals surface area contributed by atoms with Gasteiger partial charge in [-0.2, -0.15) is 0 Å². The molecule has 0 aliphatic heterocycles. The Morgan fingerprint density at radius 2 is 2.19 bits per heavy atom. The number of aryl methyl sites for hydroxylation is 1. The lowest BCUT2D eigenvalue weighted by Gasteiger charge is -2.08. The molecule has 5 N–H and O–H groups in total. The first-order valence-corrected chi connectivity index (χ1v) is 9.38. The Hall–Kier alpha value is -2.97. The molecule has 1 aromatic carbocycles. The lowest BCUT2D eigenvalue weighted by molar-refractivity contribution is -0.122. The number of pyridine rings is 1. The Bertz CT molecular complexity index is 1160. The second-order valence-electron chi connectivity index (χ2n) is 6.58. The first kappa shape index (κ1) is 17.4. The molecular formula is C19H20N6OS. The number of amides is 1. The van der Waals surface area contributed by atoms with E-state index in [4.69, 9.17) is 11.5 Å². The zero-order valence-corrected chi connectivity index (χ0v) is 15.9. The highest BCUT2D eigenvalue weighted by molar-refractivity contribution is 7.23. The molecule has 138 valence electrons. The largest absolute Gasteiger partial charge is 0.382 e. The molecule has 0 radical (unpaired) electrons. The molecule has 0 aliphatic carbocycles. The molecule has 0 saturated carbocycles. The second kappa shape index (κ2) is 6.64. The fourth-order valence-electron chi connectivity index (χ4n) is 3.03. The number of benzene rings is 1. The Morgan fingerprint density at radius 3 is 2.96 bits per heavy atom. The Balaban J connectivity index is 1.72. The van der Waals surface area contributed by atoms with Crippen molar-refractivity contribution in [1.82, 2.24) is 19.9 Å². The molecule has 7 nitrogen and oxygen atoms in total. The molecule has 0 aliphatic rings. The smallest absolute Gasteiger partial charge is 0.236 e. The number of carbonyl (C=O) groups excluding carboxylic acids is 1. The van der Waals surface area contributed by atoms with Crippen LogP contribution in [0.3, 0.4) is 0 Å². The third-order valence-electron chi connectivity index (χ3n) is 4.44. The number of hydrogen-bond donors (Lipinski definition) is 3. The van der Waals surface area contributed by atoms with Gasteiger partial charge < -0.3 is 21.4 Å². The molecule has 27 heavy (non-hydrogen) atoms. The molecule has 8 heteroatoms. The van der Waals surface area contributed by atoms with Gasteiger partial charge in [-0.25, -0.2) is 9.97 Å². The van der Waals surface area contributed by atoms with E-state index in [1.165, 1.54) is 0 Å². The maximum absolute atomic E-state index is 11.7. The van der Waals surface area contributed by atoms with Crippen molar-refractivity contribution in [2.45, 2.75) is 19.5 Å². The molecule has 3 aromatic heterocycles. The fraction of sp³-hybridized carbons (Fsp3) is 0.211. The highest BCUT2D eigenvalue weighted by Gasteiger charge is 2.15. The molecular weight excluding hydrogens is 360 g/mol. The van der Waals surface area contributed by atoms with Crippen LogP contribution in [0.4, 0.5) is 5.82 Å². The number of nitrogen functional groups attached to an aromatic ring is 1. The van der Waals surface area contributed by atoms with Gasteiger partial charge in [0.25, 0.3) is 0 Å². The van der Waals surface area contributed by atoms with E-state index in [-0.39, 0.29) is 5.91 Å². The van der Waals surface area contributed by atoms with Gasteiger partial charge in [0.15, 0.2) is 5.82 Å². The number of anilines is 1. The molecule has 0 bridgehead atoms. The summed E-state index contributed by atoms with van der Waals surface area (Å²) < 4.78 is 3.03. The summed E-state index contributed by atoms with van der Waals surface area (Å²) in [5.74, 6) is 0.273. The van der Waals surface area contributed by atoms with Crippen molar-refractivity contribution in [3.05, 3.63) is 42.2 Å². The van der Waals surface area contributed by atoms with E-state index in [0.717, 1.165) is 37.3 Å². The standard InChI is InChI=1S/C19H20N6OS/c1-10(20)19(26)22-8-11-4-3-5-12(6-11)14-7-13-17(27-14)16-15(18(21)24-13)23-9-25(16)2/h3-7,9-10H,8,20H2,1-2H3,(H2,21,24)(H,22,26)/t10-/m1/s1. The van der Waals surface area contributed by atoms with Crippen molar-refractivity contribution in [3.63, 3.8) is 0 Å². The molecule has 0 spiro atoms. The van der Waals surface area contributed by atoms with Crippen LogP contribution in [0.5, 0.6) is 0 Å². The Morgan fingerprint density at radius 1 is 1.37 bits per heavy atom. The van der Waals surface area contributed by atoms with Gasteiger partial charge >= 0.3 is 0 Å². The zero-order chi connectivity index (χ0) is 19.1. The third kappa shape index (κ3) is 3.13. The summed E-state index contributed by atoms with van der Waals surface area (Å²) in [6.45, 7) is 2.11. The maximum atomic E-state index is 11.7. The van der Waals surface area contributed by atoms with Gasteiger partial charge in [-0.1, -0.05) is 18.2 Å². The summed E-state index contributed by atoms with van der Waals surface area (Å²) in [6.07, 6.45) is 1.75. The quantitative estimate of drug-likeness (QED) is 0.503. The molecule has 3 heterocycles. The molecule has 0 unspecified atom stereocenters. The number of rotatable bonds is 4. The average Bonchev–Trinajstić information content (AvgIpc) is 3.24. The average molecular weight is 380 g/mol. The summed E-state index contributed by atoms with van der Waals surface area (Å²) in [6, 6.07) is 9.60.